The van der Waals surface area contributed by atoms with Gasteiger partial charge in [0.1, 0.15) is 0 Å². The molecule has 0 aromatic heterocycles. The molecule has 0 spiro atoms. The third-order valence-electron chi connectivity index (χ3n) is 0.967. The quantitative estimate of drug-likeness (QED) is 0.437. The second-order valence-corrected chi connectivity index (χ2v) is 1.71. The fraction of sp³-hybridized carbons (Fsp3) is 0.429. The Kier molecular flexibility index (Phi) is 4.81. The van der Waals surface area contributed by atoms with Crippen molar-refractivity contribution < 1.29 is 19.1 Å². The Labute approximate surface area is 64.8 Å². The molecule has 0 saturated carbocycles. The van der Waals surface area contributed by atoms with Gasteiger partial charge >= 0.3 is 11.9 Å². The van der Waals surface area contributed by atoms with Crippen molar-refractivity contribution in [2.24, 2.45) is 0 Å². The summed E-state index contributed by atoms with van der Waals surface area (Å²) in [7, 11) is 2.55. The lowest BCUT2D eigenvalue weighted by atomic mass is 10.4. The smallest absolute Gasteiger partial charge is 0.330 e. The van der Waals surface area contributed by atoms with Crippen LogP contribution in [-0.4, -0.2) is 26.2 Å². The van der Waals surface area contributed by atoms with Gasteiger partial charge in [0.25, 0.3) is 0 Å². The minimum absolute atomic E-state index is 0.0889. The van der Waals surface area contributed by atoms with Crippen LogP contribution in [0.15, 0.2) is 12.2 Å². The van der Waals surface area contributed by atoms with Gasteiger partial charge in [0.05, 0.1) is 20.6 Å². The second-order valence-electron chi connectivity index (χ2n) is 1.71. The average molecular weight is 158 g/mol. The normalized spacial score (nSPS) is 9.64. The number of hydrogen-bond donors (Lipinski definition) is 0. The summed E-state index contributed by atoms with van der Waals surface area (Å²) in [6.45, 7) is 0. The van der Waals surface area contributed by atoms with Gasteiger partial charge in [-0.2, -0.15) is 0 Å². The van der Waals surface area contributed by atoms with E-state index in [9.17, 15) is 9.59 Å². The summed E-state index contributed by atoms with van der Waals surface area (Å²) >= 11 is 0. The van der Waals surface area contributed by atoms with Crippen molar-refractivity contribution in [2.45, 2.75) is 6.42 Å². The highest BCUT2D eigenvalue weighted by atomic mass is 16.5. The minimum atomic E-state index is -0.478. The van der Waals surface area contributed by atoms with E-state index in [4.69, 9.17) is 0 Å². The fourth-order valence-corrected chi connectivity index (χ4v) is 0.403. The lowest BCUT2D eigenvalue weighted by Gasteiger charge is -1.91. The van der Waals surface area contributed by atoms with Crippen LogP contribution in [0, 0.1) is 0 Å². The van der Waals surface area contributed by atoms with Crippen LogP contribution in [0.2, 0.25) is 0 Å². The van der Waals surface area contributed by atoms with Crippen molar-refractivity contribution in [3.8, 4) is 0 Å². The predicted molar refractivity (Wildman–Crippen MR) is 37.8 cm³/mol. The van der Waals surface area contributed by atoms with Crippen molar-refractivity contribution in [1.82, 2.24) is 0 Å². The molecule has 4 nitrogen and oxygen atoms in total. The number of hydrogen-bond acceptors (Lipinski definition) is 4. The molecule has 0 saturated heterocycles. The third kappa shape index (κ3) is 5.14. The Morgan fingerprint density at radius 2 is 1.91 bits per heavy atom. The first-order valence-corrected chi connectivity index (χ1v) is 3.02. The Hall–Kier alpha value is -1.32. The predicted octanol–water partition coefficient (Wildman–Crippen LogP) is 0.279. The van der Waals surface area contributed by atoms with Gasteiger partial charge in [-0.05, 0) is 0 Å². The summed E-state index contributed by atoms with van der Waals surface area (Å²) in [4.78, 5) is 20.9. The van der Waals surface area contributed by atoms with E-state index >= 15 is 0 Å². The number of rotatable bonds is 3. The molecule has 0 N–H and O–H groups in total. The molecule has 0 amide bonds. The van der Waals surface area contributed by atoms with E-state index in [2.05, 4.69) is 9.47 Å². The molecular formula is C7H10O4. The van der Waals surface area contributed by atoms with Gasteiger partial charge in [0.15, 0.2) is 0 Å². The van der Waals surface area contributed by atoms with Crippen LogP contribution in [-0.2, 0) is 19.1 Å². The Morgan fingerprint density at radius 3 is 2.36 bits per heavy atom. The van der Waals surface area contributed by atoms with Crippen molar-refractivity contribution in [3.05, 3.63) is 12.2 Å². The highest BCUT2D eigenvalue weighted by Crippen LogP contribution is 1.87. The van der Waals surface area contributed by atoms with Crippen molar-refractivity contribution in [2.75, 3.05) is 14.2 Å². The molecule has 0 fully saturated rings. The zero-order chi connectivity index (χ0) is 8.69. The van der Waals surface area contributed by atoms with E-state index in [1.54, 1.807) is 0 Å². The Bertz CT molecular complexity index is 171. The number of esters is 2. The first-order chi connectivity index (χ1) is 5.20. The maximum atomic E-state index is 10.5. The van der Waals surface area contributed by atoms with E-state index < -0.39 is 5.97 Å². The Morgan fingerprint density at radius 1 is 1.27 bits per heavy atom. The third-order valence-corrected chi connectivity index (χ3v) is 0.967. The van der Waals surface area contributed by atoms with Gasteiger partial charge in [0, 0.05) is 6.08 Å². The lowest BCUT2D eigenvalue weighted by molar-refractivity contribution is -0.139. The van der Waals surface area contributed by atoms with Crippen LogP contribution in [0.5, 0.6) is 0 Å². The molecule has 0 aliphatic heterocycles. The molecule has 0 heterocycles. The summed E-state index contributed by atoms with van der Waals surface area (Å²) in [5.74, 6) is -0.862. The van der Waals surface area contributed by atoms with Crippen LogP contribution in [0.4, 0.5) is 0 Å². The van der Waals surface area contributed by atoms with Gasteiger partial charge in [-0.25, -0.2) is 4.79 Å². The van der Waals surface area contributed by atoms with Crippen LogP contribution in [0.25, 0.3) is 0 Å². The van der Waals surface area contributed by atoms with Gasteiger partial charge in [0.2, 0.25) is 0 Å². The molecule has 0 unspecified atom stereocenters. The molecule has 0 rings (SSSR count). The lowest BCUT2D eigenvalue weighted by Crippen LogP contribution is -1.98. The largest absolute Gasteiger partial charge is 0.469 e. The maximum absolute atomic E-state index is 10.5. The van der Waals surface area contributed by atoms with E-state index in [0.717, 1.165) is 0 Å². The van der Waals surface area contributed by atoms with Crippen LogP contribution < -0.4 is 0 Å². The van der Waals surface area contributed by atoms with Crippen molar-refractivity contribution >= 4 is 11.9 Å². The Balaban J connectivity index is 3.60. The molecule has 4 heteroatoms. The molecule has 0 aromatic carbocycles. The topological polar surface area (TPSA) is 52.6 Å². The number of ether oxygens (including phenoxy) is 2. The van der Waals surface area contributed by atoms with Gasteiger partial charge in [-0.1, -0.05) is 6.08 Å². The molecule has 0 aromatic rings. The summed E-state index contributed by atoms with van der Waals surface area (Å²) in [5.41, 5.74) is 0. The van der Waals surface area contributed by atoms with Crippen LogP contribution >= 0.6 is 0 Å². The SMILES string of the molecule is COC(=O)C=CCC(=O)OC. The van der Waals surface area contributed by atoms with E-state index in [-0.39, 0.29) is 12.4 Å². The molecule has 0 aliphatic carbocycles. The maximum Gasteiger partial charge on any atom is 0.330 e. The van der Waals surface area contributed by atoms with Gasteiger partial charge < -0.3 is 9.47 Å². The first kappa shape index (κ1) is 9.68. The number of carbonyl (C=O) groups is 2. The van der Waals surface area contributed by atoms with E-state index in [0.29, 0.717) is 0 Å². The molecule has 0 radical (unpaired) electrons. The zero-order valence-electron chi connectivity index (χ0n) is 6.49. The summed E-state index contributed by atoms with van der Waals surface area (Å²) in [6, 6.07) is 0. The second kappa shape index (κ2) is 5.46. The highest BCUT2D eigenvalue weighted by Gasteiger charge is 1.95. The van der Waals surface area contributed by atoms with Crippen molar-refractivity contribution in [3.63, 3.8) is 0 Å². The molecule has 0 bridgehead atoms. The van der Waals surface area contributed by atoms with Gasteiger partial charge in [-0.3, -0.25) is 4.79 Å². The van der Waals surface area contributed by atoms with Crippen LogP contribution in [0.1, 0.15) is 6.42 Å². The van der Waals surface area contributed by atoms with Gasteiger partial charge in [-0.15, -0.1) is 0 Å². The van der Waals surface area contributed by atoms with Crippen molar-refractivity contribution in [1.29, 1.82) is 0 Å². The number of methoxy groups -OCH3 is 2. The summed E-state index contributed by atoms with van der Waals surface area (Å²) in [6.07, 6.45) is 2.65. The molecular weight excluding hydrogens is 148 g/mol. The first-order valence-electron chi connectivity index (χ1n) is 3.02. The molecule has 11 heavy (non-hydrogen) atoms. The minimum Gasteiger partial charge on any atom is -0.469 e. The molecule has 0 aliphatic rings. The molecule has 62 valence electrons. The highest BCUT2D eigenvalue weighted by molar-refractivity contribution is 5.83. The zero-order valence-corrected chi connectivity index (χ0v) is 6.49. The standard InChI is InChI=1S/C7H10O4/c1-10-6(8)4-3-5-7(9)11-2/h3-4H,5H2,1-2H3. The average Bonchev–Trinajstić information content (AvgIpc) is 2.04. The molecule has 0 atom stereocenters. The van der Waals surface area contributed by atoms with E-state index in [1.807, 2.05) is 0 Å². The summed E-state index contributed by atoms with van der Waals surface area (Å²) < 4.78 is 8.61. The van der Waals surface area contributed by atoms with E-state index in [1.165, 1.54) is 26.4 Å². The number of carbonyl (C=O) groups excluding carboxylic acids is 2. The monoisotopic (exact) mass is 158 g/mol. The fourth-order valence-electron chi connectivity index (χ4n) is 0.403. The summed E-state index contributed by atoms with van der Waals surface area (Å²) in [5, 5.41) is 0. The van der Waals surface area contributed by atoms with Crippen LogP contribution in [0.3, 0.4) is 0 Å².